The molecule has 94 valence electrons. The van der Waals surface area contributed by atoms with Crippen LogP contribution in [0, 0.1) is 6.92 Å². The molecule has 1 saturated heterocycles. The quantitative estimate of drug-likeness (QED) is 0.625. The van der Waals surface area contributed by atoms with Crippen molar-refractivity contribution in [2.75, 3.05) is 18.9 Å². The largest absolute Gasteiger partial charge is 0.342 e. The number of amides is 1. The van der Waals surface area contributed by atoms with Crippen LogP contribution >= 0.6 is 11.8 Å². The number of aromatic nitrogens is 3. The SMILES string of the molecule is Cc1nnc(S[C@@H](C)C(=O)N2CCCC2)n1N. The number of carbonyl (C=O) groups excluding carboxylic acids is 1. The van der Waals surface area contributed by atoms with Crippen LogP contribution in [-0.2, 0) is 4.79 Å². The highest BCUT2D eigenvalue weighted by atomic mass is 32.2. The molecule has 2 N–H and O–H groups in total. The number of hydrogen-bond donors (Lipinski definition) is 1. The maximum absolute atomic E-state index is 12.1. The Morgan fingerprint density at radius 3 is 2.59 bits per heavy atom. The molecule has 1 fully saturated rings. The third-order valence-corrected chi connectivity index (χ3v) is 3.93. The lowest BCUT2D eigenvalue weighted by atomic mass is 10.4. The lowest BCUT2D eigenvalue weighted by molar-refractivity contribution is -0.129. The van der Waals surface area contributed by atoms with Crippen LogP contribution in [0.25, 0.3) is 0 Å². The lowest BCUT2D eigenvalue weighted by Gasteiger charge is -2.19. The number of nitrogens with two attached hydrogens (primary N) is 1. The van der Waals surface area contributed by atoms with Gasteiger partial charge in [-0.05, 0) is 26.7 Å². The van der Waals surface area contributed by atoms with Crippen LogP contribution in [0.1, 0.15) is 25.6 Å². The molecule has 0 aliphatic carbocycles. The van der Waals surface area contributed by atoms with Crippen molar-refractivity contribution in [3.63, 3.8) is 0 Å². The van der Waals surface area contributed by atoms with E-state index >= 15 is 0 Å². The third-order valence-electron chi connectivity index (χ3n) is 2.88. The Kier molecular flexibility index (Phi) is 3.56. The Labute approximate surface area is 105 Å². The summed E-state index contributed by atoms with van der Waals surface area (Å²) in [4.78, 5) is 14.0. The minimum Gasteiger partial charge on any atom is -0.342 e. The van der Waals surface area contributed by atoms with Crippen LogP contribution in [0.5, 0.6) is 0 Å². The van der Waals surface area contributed by atoms with E-state index in [1.807, 2.05) is 11.8 Å². The molecule has 0 unspecified atom stereocenters. The topological polar surface area (TPSA) is 77.0 Å². The third kappa shape index (κ3) is 2.54. The normalized spacial score (nSPS) is 17.4. The second kappa shape index (κ2) is 4.95. The number of aryl methyl sites for hydroxylation is 1. The van der Waals surface area contributed by atoms with Crippen molar-refractivity contribution in [1.29, 1.82) is 0 Å². The van der Waals surface area contributed by atoms with Crippen LogP contribution in [0.3, 0.4) is 0 Å². The van der Waals surface area contributed by atoms with Gasteiger partial charge < -0.3 is 10.7 Å². The van der Waals surface area contributed by atoms with E-state index in [0.717, 1.165) is 25.9 Å². The molecular weight excluding hydrogens is 238 g/mol. The summed E-state index contributed by atoms with van der Waals surface area (Å²) in [5.74, 6) is 6.56. The van der Waals surface area contributed by atoms with Crippen molar-refractivity contribution in [1.82, 2.24) is 19.8 Å². The van der Waals surface area contributed by atoms with Crippen molar-refractivity contribution in [3.05, 3.63) is 5.82 Å². The number of rotatable bonds is 3. The summed E-state index contributed by atoms with van der Waals surface area (Å²) >= 11 is 1.36. The molecule has 7 heteroatoms. The van der Waals surface area contributed by atoms with Gasteiger partial charge in [0.25, 0.3) is 0 Å². The van der Waals surface area contributed by atoms with Crippen molar-refractivity contribution >= 4 is 17.7 Å². The lowest BCUT2D eigenvalue weighted by Crippen LogP contribution is -2.34. The van der Waals surface area contributed by atoms with Crippen molar-refractivity contribution in [2.45, 2.75) is 37.1 Å². The summed E-state index contributed by atoms with van der Waals surface area (Å²) in [6.07, 6.45) is 2.21. The molecule has 1 atom stereocenters. The number of hydrogen-bond acceptors (Lipinski definition) is 5. The van der Waals surface area contributed by atoms with E-state index < -0.39 is 0 Å². The molecule has 1 aromatic heterocycles. The highest BCUT2D eigenvalue weighted by Crippen LogP contribution is 2.23. The zero-order valence-corrected chi connectivity index (χ0v) is 10.9. The van der Waals surface area contributed by atoms with E-state index in [2.05, 4.69) is 10.2 Å². The van der Waals surface area contributed by atoms with Gasteiger partial charge in [-0.15, -0.1) is 10.2 Å². The molecule has 0 spiro atoms. The maximum atomic E-state index is 12.1. The number of carbonyl (C=O) groups is 1. The molecule has 1 aliphatic heterocycles. The molecule has 6 nitrogen and oxygen atoms in total. The summed E-state index contributed by atoms with van der Waals surface area (Å²) in [7, 11) is 0. The first kappa shape index (κ1) is 12.2. The zero-order chi connectivity index (χ0) is 12.4. The van der Waals surface area contributed by atoms with E-state index in [9.17, 15) is 4.79 Å². The van der Waals surface area contributed by atoms with E-state index in [-0.39, 0.29) is 11.2 Å². The smallest absolute Gasteiger partial charge is 0.235 e. The fourth-order valence-electron chi connectivity index (χ4n) is 1.83. The van der Waals surface area contributed by atoms with Crippen molar-refractivity contribution in [2.24, 2.45) is 0 Å². The average Bonchev–Trinajstić information content (AvgIpc) is 2.93. The van der Waals surface area contributed by atoms with Gasteiger partial charge in [-0.25, -0.2) is 4.68 Å². The fourth-order valence-corrected chi connectivity index (χ4v) is 2.73. The predicted octanol–water partition coefficient (Wildman–Crippen LogP) is 0.403. The van der Waals surface area contributed by atoms with Gasteiger partial charge in [0.15, 0.2) is 0 Å². The van der Waals surface area contributed by atoms with Crippen LogP contribution in [-0.4, -0.2) is 44.0 Å². The van der Waals surface area contributed by atoms with Crippen molar-refractivity contribution in [3.8, 4) is 0 Å². The highest BCUT2D eigenvalue weighted by Gasteiger charge is 2.25. The second-order valence-electron chi connectivity index (χ2n) is 4.19. The molecule has 1 aliphatic rings. The Morgan fingerprint density at radius 1 is 1.41 bits per heavy atom. The van der Waals surface area contributed by atoms with Gasteiger partial charge in [-0.2, -0.15) is 0 Å². The van der Waals surface area contributed by atoms with E-state index in [1.165, 1.54) is 16.4 Å². The fraction of sp³-hybridized carbons (Fsp3) is 0.700. The van der Waals surface area contributed by atoms with Gasteiger partial charge in [0.1, 0.15) is 5.82 Å². The molecule has 2 rings (SSSR count). The Hall–Kier alpha value is -1.24. The van der Waals surface area contributed by atoms with Crippen LogP contribution in [0.2, 0.25) is 0 Å². The van der Waals surface area contributed by atoms with Gasteiger partial charge in [-0.3, -0.25) is 4.79 Å². The highest BCUT2D eigenvalue weighted by molar-refractivity contribution is 8.00. The molecule has 0 radical (unpaired) electrons. The Morgan fingerprint density at radius 2 is 2.06 bits per heavy atom. The second-order valence-corrected chi connectivity index (χ2v) is 5.50. The molecule has 0 saturated carbocycles. The average molecular weight is 255 g/mol. The summed E-state index contributed by atoms with van der Waals surface area (Å²) in [6.45, 7) is 5.41. The van der Waals surface area contributed by atoms with E-state index in [4.69, 9.17) is 5.84 Å². The first-order chi connectivity index (χ1) is 8.09. The molecule has 0 aromatic carbocycles. The summed E-state index contributed by atoms with van der Waals surface area (Å²) in [5, 5.41) is 8.23. The Balaban J connectivity index is 1.98. The summed E-state index contributed by atoms with van der Waals surface area (Å²) in [5.41, 5.74) is 0. The van der Waals surface area contributed by atoms with Crippen LogP contribution in [0.4, 0.5) is 0 Å². The van der Waals surface area contributed by atoms with Gasteiger partial charge in [0.2, 0.25) is 11.1 Å². The maximum Gasteiger partial charge on any atom is 0.235 e. The number of nitrogen functional groups attached to an aromatic ring is 1. The summed E-state index contributed by atoms with van der Waals surface area (Å²) in [6, 6.07) is 0. The number of thioether (sulfide) groups is 1. The van der Waals surface area contributed by atoms with Crippen LogP contribution in [0.15, 0.2) is 5.16 Å². The van der Waals surface area contributed by atoms with Crippen LogP contribution < -0.4 is 5.84 Å². The monoisotopic (exact) mass is 255 g/mol. The summed E-state index contributed by atoms with van der Waals surface area (Å²) < 4.78 is 1.42. The first-order valence-corrected chi connectivity index (χ1v) is 6.60. The predicted molar refractivity (Wildman–Crippen MR) is 66.0 cm³/mol. The standard InChI is InChI=1S/C10H17N5OS/c1-7(9(16)14-5-3-4-6-14)17-10-13-12-8(2)15(10)11/h7H,3-6,11H2,1-2H3/t7-/m0/s1. The van der Waals surface area contributed by atoms with E-state index in [0.29, 0.717) is 11.0 Å². The minimum atomic E-state index is -0.168. The molecular formula is C10H17N5OS. The Bertz CT molecular complexity index is 413. The molecule has 0 bridgehead atoms. The van der Waals surface area contributed by atoms with Gasteiger partial charge in [0.05, 0.1) is 5.25 Å². The first-order valence-electron chi connectivity index (χ1n) is 5.72. The van der Waals surface area contributed by atoms with Crippen molar-refractivity contribution < 1.29 is 4.79 Å². The van der Waals surface area contributed by atoms with Gasteiger partial charge >= 0.3 is 0 Å². The zero-order valence-electron chi connectivity index (χ0n) is 10.1. The molecule has 2 heterocycles. The number of nitrogens with zero attached hydrogens (tertiary/aromatic N) is 4. The molecule has 17 heavy (non-hydrogen) atoms. The van der Waals surface area contributed by atoms with Gasteiger partial charge in [-0.1, -0.05) is 11.8 Å². The van der Waals surface area contributed by atoms with E-state index in [1.54, 1.807) is 6.92 Å². The van der Waals surface area contributed by atoms with Gasteiger partial charge in [0, 0.05) is 13.1 Å². The molecule has 1 aromatic rings. The molecule has 1 amide bonds. The number of likely N-dealkylation sites (tertiary alicyclic amines) is 1. The minimum absolute atomic E-state index is 0.160.